The number of benzene rings is 1. The molecule has 1 aromatic carbocycles. The van der Waals surface area contributed by atoms with Gasteiger partial charge in [-0.25, -0.2) is 4.31 Å². The maximum Gasteiger partial charge on any atom is 0.183 e. The van der Waals surface area contributed by atoms with Crippen LogP contribution in [0.5, 0.6) is 0 Å². The molecule has 0 amide bonds. The van der Waals surface area contributed by atoms with E-state index in [2.05, 4.69) is 43.5 Å². The number of thiol groups is 1. The highest BCUT2D eigenvalue weighted by Gasteiger charge is 2.46. The van der Waals surface area contributed by atoms with Crippen molar-refractivity contribution in [2.24, 2.45) is 5.11 Å². The van der Waals surface area contributed by atoms with Gasteiger partial charge in [0.1, 0.15) is 0 Å². The van der Waals surface area contributed by atoms with Gasteiger partial charge in [-0.1, -0.05) is 27.1 Å². The van der Waals surface area contributed by atoms with Crippen LogP contribution in [0.15, 0.2) is 38.1 Å². The van der Waals surface area contributed by atoms with Crippen molar-refractivity contribution in [3.8, 4) is 0 Å². The SMILES string of the molecule is CC1(C=O)O[C@@H](N=[N+]=[N-])CN1[SH]1C=Cc2c(Br)cccc21. The van der Waals surface area contributed by atoms with Crippen molar-refractivity contribution >= 4 is 39.4 Å². The molecular weight excluding hydrogens is 356 g/mol. The summed E-state index contributed by atoms with van der Waals surface area (Å²) >= 11 is 2.71. The molecule has 3 atom stereocenters. The van der Waals surface area contributed by atoms with Gasteiger partial charge < -0.3 is 4.74 Å². The van der Waals surface area contributed by atoms with Crippen molar-refractivity contribution < 1.29 is 9.53 Å². The molecule has 0 aliphatic carbocycles. The van der Waals surface area contributed by atoms with Crippen LogP contribution in [-0.4, -0.2) is 29.1 Å². The van der Waals surface area contributed by atoms with Gasteiger partial charge in [-0.3, -0.25) is 4.79 Å². The molecule has 1 fully saturated rings. The number of ether oxygens (including phenoxy) is 1. The summed E-state index contributed by atoms with van der Waals surface area (Å²) in [5, 5.41) is 5.69. The summed E-state index contributed by atoms with van der Waals surface area (Å²) in [6.07, 6.45) is 2.18. The number of nitrogens with zero attached hydrogens (tertiary/aromatic N) is 4. The molecule has 3 rings (SSSR count). The van der Waals surface area contributed by atoms with Gasteiger partial charge in [-0.05, 0) is 36.1 Å². The molecule has 21 heavy (non-hydrogen) atoms. The van der Waals surface area contributed by atoms with Gasteiger partial charge in [0.05, 0.1) is 0 Å². The Hall–Kier alpha value is -1.31. The molecule has 2 heterocycles. The number of halogens is 1. The highest BCUT2D eigenvalue weighted by atomic mass is 79.9. The van der Waals surface area contributed by atoms with Crippen LogP contribution < -0.4 is 0 Å². The lowest BCUT2D eigenvalue weighted by Gasteiger charge is -2.35. The Kier molecular flexibility index (Phi) is 3.81. The molecule has 8 heteroatoms. The maximum absolute atomic E-state index is 11.5. The van der Waals surface area contributed by atoms with Crippen LogP contribution in [-0.2, 0) is 9.53 Å². The van der Waals surface area contributed by atoms with Crippen molar-refractivity contribution in [1.29, 1.82) is 0 Å². The van der Waals surface area contributed by atoms with Crippen LogP contribution in [0.25, 0.3) is 16.5 Å². The number of aldehydes is 1. The van der Waals surface area contributed by atoms with Crippen molar-refractivity contribution in [3.05, 3.63) is 44.1 Å². The number of fused-ring (bicyclic) bond motifs is 1. The van der Waals surface area contributed by atoms with Gasteiger partial charge in [0.15, 0.2) is 18.2 Å². The van der Waals surface area contributed by atoms with E-state index in [0.29, 0.717) is 6.54 Å². The van der Waals surface area contributed by atoms with E-state index >= 15 is 0 Å². The average molecular weight is 369 g/mol. The van der Waals surface area contributed by atoms with Crippen molar-refractivity contribution in [3.63, 3.8) is 0 Å². The lowest BCUT2D eigenvalue weighted by Crippen LogP contribution is -2.40. The van der Waals surface area contributed by atoms with E-state index in [-0.39, 0.29) is 0 Å². The highest BCUT2D eigenvalue weighted by molar-refractivity contribution is 9.10. The monoisotopic (exact) mass is 368 g/mol. The summed E-state index contributed by atoms with van der Waals surface area (Å²) in [6, 6.07) is 6.02. The first-order chi connectivity index (χ1) is 10.1. The standard InChI is InChI=1S/C13H13BrN4O2S/c1-13(8-19)18(7-12(20-13)16-17-15)21-6-5-9-10(14)3-2-4-11(9)21/h2-6,8,12,21H,7H2,1H3/t12-,13?/m1/s1. The zero-order valence-electron chi connectivity index (χ0n) is 11.2. The third kappa shape index (κ3) is 2.39. The molecule has 6 nitrogen and oxygen atoms in total. The Morgan fingerprint density at radius 1 is 1.67 bits per heavy atom. The molecule has 0 aromatic heterocycles. The van der Waals surface area contributed by atoms with E-state index in [9.17, 15) is 4.79 Å². The van der Waals surface area contributed by atoms with E-state index < -0.39 is 23.0 Å². The number of hydrogen-bond acceptors (Lipinski definition) is 4. The fourth-order valence-corrected chi connectivity index (χ4v) is 5.58. The molecular formula is C13H13BrN4O2S. The summed E-state index contributed by atoms with van der Waals surface area (Å²) in [7, 11) is 0. The Labute approximate surface area is 133 Å². The molecule has 0 spiro atoms. The lowest BCUT2D eigenvalue weighted by molar-refractivity contribution is -0.134. The molecule has 2 unspecified atom stereocenters. The Bertz CT molecular complexity index is 676. The minimum Gasteiger partial charge on any atom is -0.342 e. The number of azide groups is 1. The first kappa shape index (κ1) is 14.6. The number of carbonyl (C=O) groups is 1. The summed E-state index contributed by atoms with van der Waals surface area (Å²) in [5.41, 5.74) is 8.63. The molecule has 0 radical (unpaired) electrons. The summed E-state index contributed by atoms with van der Waals surface area (Å²) in [4.78, 5) is 15.4. The van der Waals surface area contributed by atoms with Crippen LogP contribution in [0.2, 0.25) is 0 Å². The molecule has 2 aliphatic heterocycles. The van der Waals surface area contributed by atoms with E-state index in [4.69, 9.17) is 10.3 Å². The third-order valence-corrected chi connectivity index (χ3v) is 6.62. The number of hydrogen-bond donors (Lipinski definition) is 1. The molecule has 2 aliphatic rings. The first-order valence-electron chi connectivity index (χ1n) is 6.31. The van der Waals surface area contributed by atoms with E-state index in [1.807, 2.05) is 16.4 Å². The normalized spacial score (nSPS) is 32.7. The largest absolute Gasteiger partial charge is 0.342 e. The maximum atomic E-state index is 11.5. The van der Waals surface area contributed by atoms with Crippen LogP contribution in [0.3, 0.4) is 0 Å². The predicted octanol–water partition coefficient (Wildman–Crippen LogP) is 3.59. The molecule has 0 bridgehead atoms. The minimum atomic E-state index is -1.07. The van der Waals surface area contributed by atoms with Crippen LogP contribution in [0.4, 0.5) is 0 Å². The predicted molar refractivity (Wildman–Crippen MR) is 85.6 cm³/mol. The van der Waals surface area contributed by atoms with Crippen molar-refractivity contribution in [2.75, 3.05) is 6.54 Å². The van der Waals surface area contributed by atoms with Gasteiger partial charge in [0.25, 0.3) is 0 Å². The minimum absolute atomic E-state index is 0.404. The molecule has 1 saturated heterocycles. The fourth-order valence-electron chi connectivity index (χ4n) is 2.54. The van der Waals surface area contributed by atoms with Crippen molar-refractivity contribution in [2.45, 2.75) is 23.8 Å². The smallest absolute Gasteiger partial charge is 0.183 e. The lowest BCUT2D eigenvalue weighted by atomic mass is 10.2. The summed E-state index contributed by atoms with van der Waals surface area (Å²) < 4.78 is 8.62. The topological polar surface area (TPSA) is 78.3 Å². The quantitative estimate of drug-likeness (QED) is 0.291. The van der Waals surface area contributed by atoms with Crippen molar-refractivity contribution in [1.82, 2.24) is 4.31 Å². The molecule has 0 saturated carbocycles. The van der Waals surface area contributed by atoms with Gasteiger partial charge in [0.2, 0.25) is 0 Å². The Morgan fingerprint density at radius 3 is 3.19 bits per heavy atom. The van der Waals surface area contributed by atoms with Crippen LogP contribution >= 0.6 is 27.0 Å². The second kappa shape index (κ2) is 5.47. The van der Waals surface area contributed by atoms with Gasteiger partial charge in [0, 0.05) is 26.4 Å². The van der Waals surface area contributed by atoms with Gasteiger partial charge in [-0.2, -0.15) is 0 Å². The number of rotatable bonds is 3. The van der Waals surface area contributed by atoms with E-state index in [1.165, 1.54) is 0 Å². The summed E-state index contributed by atoms with van der Waals surface area (Å²) in [5.74, 6) is 0. The third-order valence-electron chi connectivity index (χ3n) is 3.53. The fraction of sp³-hybridized carbons (Fsp3) is 0.308. The van der Waals surface area contributed by atoms with E-state index in [1.54, 1.807) is 6.92 Å². The zero-order valence-corrected chi connectivity index (χ0v) is 13.7. The summed E-state index contributed by atoms with van der Waals surface area (Å²) in [6.45, 7) is 2.11. The van der Waals surface area contributed by atoms with Crippen LogP contribution in [0.1, 0.15) is 12.5 Å². The average Bonchev–Trinajstić information content (AvgIpc) is 3.02. The second-order valence-corrected chi connectivity index (χ2v) is 7.67. The zero-order chi connectivity index (χ0) is 15.0. The Balaban J connectivity index is 1.98. The highest BCUT2D eigenvalue weighted by Crippen LogP contribution is 2.54. The molecule has 0 N–H and O–H groups in total. The first-order valence-corrected chi connectivity index (χ1v) is 8.46. The van der Waals surface area contributed by atoms with E-state index in [0.717, 1.165) is 21.2 Å². The molecule has 110 valence electrons. The van der Waals surface area contributed by atoms with Crippen LogP contribution in [0, 0.1) is 0 Å². The number of carbonyl (C=O) groups excluding carboxylic acids is 1. The van der Waals surface area contributed by atoms with Gasteiger partial charge in [-0.15, -0.1) is 11.1 Å². The van der Waals surface area contributed by atoms with Gasteiger partial charge >= 0.3 is 0 Å². The molecule has 1 aromatic rings. The second-order valence-electron chi connectivity index (χ2n) is 4.86. The Morgan fingerprint density at radius 2 is 2.48 bits per heavy atom.